The third-order valence-electron chi connectivity index (χ3n) is 2.37. The molecule has 0 saturated carbocycles. The SMILES string of the molecule is CCCCCC(C)(O)c1ccc(Cl)s1. The second kappa shape index (κ2) is 5.15. The van der Waals surface area contributed by atoms with Gasteiger partial charge in [-0.25, -0.2) is 0 Å². The quantitative estimate of drug-likeness (QED) is 0.755. The molecule has 0 amide bonds. The summed E-state index contributed by atoms with van der Waals surface area (Å²) in [4.78, 5) is 0.971. The molecule has 0 fully saturated rings. The number of unbranched alkanes of at least 4 members (excludes halogenated alkanes) is 2. The van der Waals surface area contributed by atoms with E-state index < -0.39 is 5.60 Å². The number of thiophene rings is 1. The van der Waals surface area contributed by atoms with Crippen molar-refractivity contribution in [2.24, 2.45) is 0 Å². The average molecular weight is 233 g/mol. The predicted molar refractivity (Wildman–Crippen MR) is 63.0 cm³/mol. The fourth-order valence-corrected chi connectivity index (χ4v) is 2.56. The molecule has 1 N–H and O–H groups in total. The molecular weight excluding hydrogens is 216 g/mol. The Kier molecular flexibility index (Phi) is 4.42. The minimum atomic E-state index is -0.701. The molecule has 3 heteroatoms. The normalized spacial score (nSPS) is 15.4. The Morgan fingerprint density at radius 2 is 2.14 bits per heavy atom. The third-order valence-corrected chi connectivity index (χ3v) is 3.86. The van der Waals surface area contributed by atoms with Gasteiger partial charge in [-0.3, -0.25) is 0 Å². The van der Waals surface area contributed by atoms with E-state index >= 15 is 0 Å². The van der Waals surface area contributed by atoms with Gasteiger partial charge in [-0.2, -0.15) is 0 Å². The van der Waals surface area contributed by atoms with Gasteiger partial charge in [0.05, 0.1) is 9.94 Å². The van der Waals surface area contributed by atoms with Gasteiger partial charge >= 0.3 is 0 Å². The molecule has 14 heavy (non-hydrogen) atoms. The number of hydrogen-bond donors (Lipinski definition) is 1. The Balaban J connectivity index is 2.56. The van der Waals surface area contributed by atoms with E-state index in [0.717, 1.165) is 22.1 Å². The first kappa shape index (κ1) is 12.0. The topological polar surface area (TPSA) is 20.2 Å². The van der Waals surface area contributed by atoms with E-state index in [1.807, 2.05) is 19.1 Å². The van der Waals surface area contributed by atoms with E-state index in [0.29, 0.717) is 0 Å². The van der Waals surface area contributed by atoms with Crippen molar-refractivity contribution in [3.05, 3.63) is 21.3 Å². The van der Waals surface area contributed by atoms with E-state index in [4.69, 9.17) is 11.6 Å². The maximum Gasteiger partial charge on any atom is 0.0960 e. The molecule has 1 aromatic heterocycles. The maximum atomic E-state index is 10.2. The maximum absolute atomic E-state index is 10.2. The molecule has 1 heterocycles. The van der Waals surface area contributed by atoms with Crippen LogP contribution in [0.15, 0.2) is 12.1 Å². The first-order chi connectivity index (χ1) is 6.56. The van der Waals surface area contributed by atoms with Crippen LogP contribution >= 0.6 is 22.9 Å². The number of aliphatic hydroxyl groups is 1. The summed E-state index contributed by atoms with van der Waals surface area (Å²) in [7, 11) is 0. The van der Waals surface area contributed by atoms with Crippen LogP contribution in [0, 0.1) is 0 Å². The van der Waals surface area contributed by atoms with Crippen LogP contribution < -0.4 is 0 Å². The molecule has 0 aliphatic carbocycles. The number of hydrogen-bond acceptors (Lipinski definition) is 2. The second-order valence-electron chi connectivity index (χ2n) is 3.83. The van der Waals surface area contributed by atoms with Crippen LogP contribution in [0.2, 0.25) is 4.34 Å². The van der Waals surface area contributed by atoms with E-state index in [9.17, 15) is 5.11 Å². The van der Waals surface area contributed by atoms with Crippen LogP contribution in [-0.4, -0.2) is 5.11 Å². The molecule has 0 saturated heterocycles. The standard InChI is InChI=1S/C11H17ClOS/c1-3-4-5-8-11(2,13)9-6-7-10(12)14-9/h6-7,13H,3-5,8H2,1-2H3. The molecule has 1 aromatic rings. The van der Waals surface area contributed by atoms with E-state index in [-0.39, 0.29) is 0 Å². The van der Waals surface area contributed by atoms with Crippen LogP contribution in [-0.2, 0) is 5.60 Å². The highest BCUT2D eigenvalue weighted by atomic mass is 35.5. The van der Waals surface area contributed by atoms with E-state index in [1.165, 1.54) is 24.2 Å². The van der Waals surface area contributed by atoms with Gasteiger partial charge in [0.15, 0.2) is 0 Å². The molecule has 0 radical (unpaired) electrons. The minimum absolute atomic E-state index is 0.701. The van der Waals surface area contributed by atoms with E-state index in [2.05, 4.69) is 6.92 Å². The van der Waals surface area contributed by atoms with Gasteiger partial charge in [0.25, 0.3) is 0 Å². The summed E-state index contributed by atoms with van der Waals surface area (Å²) in [5.41, 5.74) is -0.701. The van der Waals surface area contributed by atoms with Gasteiger partial charge in [-0.15, -0.1) is 11.3 Å². The first-order valence-corrected chi connectivity index (χ1v) is 6.24. The smallest absolute Gasteiger partial charge is 0.0960 e. The van der Waals surface area contributed by atoms with Crippen molar-refractivity contribution in [3.63, 3.8) is 0 Å². The number of rotatable bonds is 5. The summed E-state index contributed by atoms with van der Waals surface area (Å²) in [6.07, 6.45) is 4.24. The van der Waals surface area contributed by atoms with Gasteiger partial charge < -0.3 is 5.11 Å². The monoisotopic (exact) mass is 232 g/mol. The molecule has 0 aliphatic rings. The summed E-state index contributed by atoms with van der Waals surface area (Å²) in [6.45, 7) is 4.03. The van der Waals surface area contributed by atoms with Crippen molar-refractivity contribution >= 4 is 22.9 Å². The van der Waals surface area contributed by atoms with Crippen LogP contribution in [0.4, 0.5) is 0 Å². The average Bonchev–Trinajstić information content (AvgIpc) is 2.53. The van der Waals surface area contributed by atoms with Crippen molar-refractivity contribution in [1.29, 1.82) is 0 Å². The Morgan fingerprint density at radius 1 is 1.43 bits per heavy atom. The summed E-state index contributed by atoms with van der Waals surface area (Å²) in [6, 6.07) is 3.76. The van der Waals surface area contributed by atoms with Gasteiger partial charge in [-0.05, 0) is 25.5 Å². The number of halogens is 1. The van der Waals surface area contributed by atoms with Crippen LogP contribution in [0.3, 0.4) is 0 Å². The first-order valence-electron chi connectivity index (χ1n) is 5.04. The largest absolute Gasteiger partial charge is 0.385 e. The zero-order valence-corrected chi connectivity index (χ0v) is 10.3. The van der Waals surface area contributed by atoms with Crippen molar-refractivity contribution in [2.45, 2.75) is 45.1 Å². The highest BCUT2D eigenvalue weighted by Crippen LogP contribution is 2.34. The van der Waals surface area contributed by atoms with Gasteiger partial charge in [0.2, 0.25) is 0 Å². The Hall–Kier alpha value is -0.0500. The van der Waals surface area contributed by atoms with Crippen LogP contribution in [0.1, 0.15) is 44.4 Å². The van der Waals surface area contributed by atoms with Crippen molar-refractivity contribution in [2.75, 3.05) is 0 Å². The van der Waals surface area contributed by atoms with Gasteiger partial charge in [-0.1, -0.05) is 37.8 Å². The lowest BCUT2D eigenvalue weighted by molar-refractivity contribution is 0.0487. The lowest BCUT2D eigenvalue weighted by Crippen LogP contribution is -2.19. The van der Waals surface area contributed by atoms with Crippen molar-refractivity contribution < 1.29 is 5.11 Å². The van der Waals surface area contributed by atoms with Crippen LogP contribution in [0.25, 0.3) is 0 Å². The zero-order valence-electron chi connectivity index (χ0n) is 8.72. The lowest BCUT2D eigenvalue weighted by Gasteiger charge is -2.21. The van der Waals surface area contributed by atoms with E-state index in [1.54, 1.807) is 0 Å². The molecule has 0 spiro atoms. The summed E-state index contributed by atoms with van der Waals surface area (Å²) >= 11 is 7.30. The molecule has 1 rings (SSSR count). The fraction of sp³-hybridized carbons (Fsp3) is 0.636. The van der Waals surface area contributed by atoms with Crippen molar-refractivity contribution in [3.8, 4) is 0 Å². The van der Waals surface area contributed by atoms with Crippen molar-refractivity contribution in [1.82, 2.24) is 0 Å². The molecule has 0 aliphatic heterocycles. The summed E-state index contributed by atoms with van der Waals surface area (Å²) in [5, 5.41) is 10.2. The highest BCUT2D eigenvalue weighted by Gasteiger charge is 2.23. The Morgan fingerprint density at radius 3 is 2.64 bits per heavy atom. The minimum Gasteiger partial charge on any atom is -0.385 e. The molecule has 0 bridgehead atoms. The molecule has 1 atom stereocenters. The lowest BCUT2D eigenvalue weighted by atomic mass is 9.97. The van der Waals surface area contributed by atoms with Gasteiger partial charge in [0.1, 0.15) is 0 Å². The molecule has 80 valence electrons. The third kappa shape index (κ3) is 3.26. The summed E-state index contributed by atoms with van der Waals surface area (Å²) < 4.78 is 0.746. The zero-order chi connectivity index (χ0) is 10.6. The second-order valence-corrected chi connectivity index (χ2v) is 5.55. The Labute approximate surface area is 94.7 Å². The highest BCUT2D eigenvalue weighted by molar-refractivity contribution is 7.16. The molecule has 1 nitrogen and oxygen atoms in total. The predicted octanol–water partition coefficient (Wildman–Crippen LogP) is 4.19. The Bertz CT molecular complexity index is 281. The molecular formula is C11H17ClOS. The molecule has 1 unspecified atom stereocenters. The summed E-state index contributed by atoms with van der Waals surface area (Å²) in [5.74, 6) is 0. The fourth-order valence-electron chi connectivity index (χ4n) is 1.45. The van der Waals surface area contributed by atoms with Gasteiger partial charge in [0, 0.05) is 4.88 Å². The molecule has 0 aromatic carbocycles. The van der Waals surface area contributed by atoms with Crippen LogP contribution in [0.5, 0.6) is 0 Å².